The summed E-state index contributed by atoms with van der Waals surface area (Å²) in [6, 6.07) is 16.9. The molecule has 0 aliphatic rings. The molecule has 0 heterocycles. The smallest absolute Gasteiger partial charge is 0.171 e. The molecule has 3 nitrogen and oxygen atoms in total. The van der Waals surface area contributed by atoms with E-state index in [1.54, 1.807) is 0 Å². The van der Waals surface area contributed by atoms with Gasteiger partial charge in [-0.1, -0.05) is 36.4 Å². The van der Waals surface area contributed by atoms with Gasteiger partial charge in [-0.25, -0.2) is 0 Å². The lowest BCUT2D eigenvalue weighted by Gasteiger charge is -2.22. The molecule has 0 saturated carbocycles. The third kappa shape index (κ3) is 5.34. The molecule has 1 atom stereocenters. The maximum absolute atomic E-state index is 5.51. The summed E-state index contributed by atoms with van der Waals surface area (Å²) in [5, 5.41) is 7.40. The molecule has 0 fully saturated rings. The fourth-order valence-corrected chi connectivity index (χ4v) is 2.75. The van der Waals surface area contributed by atoms with Gasteiger partial charge in [-0.3, -0.25) is 0 Å². The van der Waals surface area contributed by atoms with Gasteiger partial charge in [0.1, 0.15) is 12.6 Å². The van der Waals surface area contributed by atoms with Crippen LogP contribution in [0.3, 0.4) is 0 Å². The normalized spacial score (nSPS) is 12.0. The average molecular weight is 329 g/mol. The quantitative estimate of drug-likeness (QED) is 0.737. The van der Waals surface area contributed by atoms with Crippen molar-refractivity contribution in [3.05, 3.63) is 65.2 Å². The third-order valence-corrected chi connectivity index (χ3v) is 4.10. The first-order valence-electron chi connectivity index (χ1n) is 7.94. The Labute approximate surface area is 144 Å². The van der Waals surface area contributed by atoms with Crippen LogP contribution in [0.15, 0.2) is 48.5 Å². The third-order valence-electron chi connectivity index (χ3n) is 3.88. The number of quaternary nitrogens is 1. The number of hydrogen-bond acceptors (Lipinski definition) is 1. The highest BCUT2D eigenvalue weighted by Gasteiger charge is 2.16. The lowest BCUT2D eigenvalue weighted by atomic mass is 10.1. The Balaban J connectivity index is 2.06. The number of benzene rings is 2. The molecule has 4 heteroatoms. The average Bonchev–Trinajstić information content (AvgIpc) is 2.51. The van der Waals surface area contributed by atoms with Gasteiger partial charge < -0.3 is 15.5 Å². The van der Waals surface area contributed by atoms with E-state index in [2.05, 4.69) is 81.0 Å². The molecule has 0 saturated heterocycles. The van der Waals surface area contributed by atoms with Gasteiger partial charge in [0.25, 0.3) is 0 Å². The van der Waals surface area contributed by atoms with Crippen molar-refractivity contribution in [1.82, 2.24) is 5.32 Å². The fraction of sp³-hybridized carbons (Fsp3) is 0.316. The number of nitrogens with one attached hydrogen (secondary N) is 3. The van der Waals surface area contributed by atoms with Gasteiger partial charge in [-0.05, 0) is 54.9 Å². The largest absolute Gasteiger partial charge is 0.350 e. The maximum Gasteiger partial charge on any atom is 0.171 e. The molecule has 23 heavy (non-hydrogen) atoms. The van der Waals surface area contributed by atoms with E-state index in [0.717, 1.165) is 12.2 Å². The van der Waals surface area contributed by atoms with Crippen molar-refractivity contribution in [3.8, 4) is 0 Å². The zero-order chi connectivity index (χ0) is 16.8. The van der Waals surface area contributed by atoms with E-state index in [0.29, 0.717) is 5.11 Å². The van der Waals surface area contributed by atoms with E-state index < -0.39 is 0 Å². The molecule has 0 radical (unpaired) electrons. The van der Waals surface area contributed by atoms with Crippen molar-refractivity contribution >= 4 is 23.0 Å². The van der Waals surface area contributed by atoms with E-state index in [-0.39, 0.29) is 6.04 Å². The summed E-state index contributed by atoms with van der Waals surface area (Å²) in [5.41, 5.74) is 4.82. The molecule has 0 amide bonds. The topological polar surface area (TPSA) is 28.5 Å². The minimum absolute atomic E-state index is 0.188. The standard InChI is InChI=1S/C19H25N3S/c1-14-10-11-17(12-15(14)2)20-19(23)21-18(13-22(3)4)16-8-6-5-7-9-16/h5-12,18H,13H2,1-4H3,(H2,20,21,23)/p+1/t18-/m1/s1. The minimum Gasteiger partial charge on any atom is -0.350 e. The number of likely N-dealkylation sites (N-methyl/N-ethyl adjacent to an activating group) is 1. The first-order valence-corrected chi connectivity index (χ1v) is 8.35. The van der Waals surface area contributed by atoms with Crippen LogP contribution in [-0.4, -0.2) is 25.8 Å². The van der Waals surface area contributed by atoms with E-state index in [1.807, 2.05) is 6.07 Å². The predicted octanol–water partition coefficient (Wildman–Crippen LogP) is 2.48. The van der Waals surface area contributed by atoms with Crippen LogP contribution >= 0.6 is 12.2 Å². The van der Waals surface area contributed by atoms with Gasteiger partial charge in [0.05, 0.1) is 14.1 Å². The van der Waals surface area contributed by atoms with E-state index in [4.69, 9.17) is 12.2 Å². The highest BCUT2D eigenvalue weighted by atomic mass is 32.1. The SMILES string of the molecule is Cc1ccc(NC(=S)N[C@H](C[NH+](C)C)c2ccccc2)cc1C. The first-order chi connectivity index (χ1) is 11.0. The van der Waals surface area contributed by atoms with E-state index >= 15 is 0 Å². The Hall–Kier alpha value is -1.91. The molecular weight excluding hydrogens is 302 g/mol. The zero-order valence-corrected chi connectivity index (χ0v) is 15.1. The minimum atomic E-state index is 0.188. The van der Waals surface area contributed by atoms with E-state index in [9.17, 15) is 0 Å². The zero-order valence-electron chi connectivity index (χ0n) is 14.3. The second-order valence-electron chi connectivity index (χ2n) is 6.27. The van der Waals surface area contributed by atoms with Crippen LogP contribution in [0.1, 0.15) is 22.7 Å². The fourth-order valence-electron chi connectivity index (χ4n) is 2.49. The second kappa shape index (κ2) is 8.09. The van der Waals surface area contributed by atoms with Gasteiger partial charge in [0.15, 0.2) is 5.11 Å². The predicted molar refractivity (Wildman–Crippen MR) is 102 cm³/mol. The lowest BCUT2D eigenvalue weighted by molar-refractivity contribution is -0.860. The van der Waals surface area contributed by atoms with Crippen molar-refractivity contribution in [3.63, 3.8) is 0 Å². The highest BCUT2D eigenvalue weighted by Crippen LogP contribution is 2.15. The summed E-state index contributed by atoms with van der Waals surface area (Å²) in [6.45, 7) is 5.18. The van der Waals surface area contributed by atoms with Crippen LogP contribution in [0.2, 0.25) is 0 Å². The molecular formula is C19H26N3S+. The van der Waals surface area contributed by atoms with Crippen molar-refractivity contribution in [2.75, 3.05) is 26.0 Å². The molecule has 2 aromatic carbocycles. The first kappa shape index (κ1) is 17.4. The van der Waals surface area contributed by atoms with Crippen molar-refractivity contribution in [2.24, 2.45) is 0 Å². The second-order valence-corrected chi connectivity index (χ2v) is 6.68. The Morgan fingerprint density at radius 2 is 1.74 bits per heavy atom. The van der Waals surface area contributed by atoms with Gasteiger partial charge in [-0.2, -0.15) is 0 Å². The van der Waals surface area contributed by atoms with E-state index in [1.165, 1.54) is 21.6 Å². The molecule has 0 unspecified atom stereocenters. The molecule has 0 aliphatic carbocycles. The Morgan fingerprint density at radius 3 is 2.35 bits per heavy atom. The molecule has 0 spiro atoms. The number of aryl methyl sites for hydroxylation is 2. The van der Waals surface area contributed by atoms with Gasteiger partial charge in [0, 0.05) is 5.69 Å². The van der Waals surface area contributed by atoms with Crippen LogP contribution in [-0.2, 0) is 0 Å². The summed E-state index contributed by atoms with van der Waals surface area (Å²) >= 11 is 5.51. The molecule has 0 aromatic heterocycles. The molecule has 0 bridgehead atoms. The summed E-state index contributed by atoms with van der Waals surface area (Å²) < 4.78 is 0. The van der Waals surface area contributed by atoms with Crippen LogP contribution in [0.4, 0.5) is 5.69 Å². The summed E-state index contributed by atoms with van der Waals surface area (Å²) in [4.78, 5) is 1.38. The number of hydrogen-bond donors (Lipinski definition) is 3. The monoisotopic (exact) mass is 328 g/mol. The summed E-state index contributed by atoms with van der Waals surface area (Å²) in [6.07, 6.45) is 0. The van der Waals surface area contributed by atoms with Crippen molar-refractivity contribution in [1.29, 1.82) is 0 Å². The Morgan fingerprint density at radius 1 is 1.04 bits per heavy atom. The molecule has 2 aromatic rings. The van der Waals surface area contributed by atoms with Crippen LogP contribution in [0.25, 0.3) is 0 Å². The highest BCUT2D eigenvalue weighted by molar-refractivity contribution is 7.80. The van der Waals surface area contributed by atoms with Crippen molar-refractivity contribution in [2.45, 2.75) is 19.9 Å². The van der Waals surface area contributed by atoms with Crippen LogP contribution in [0.5, 0.6) is 0 Å². The number of thiocarbonyl (C=S) groups is 1. The number of anilines is 1. The van der Waals surface area contributed by atoms with Gasteiger partial charge in [0.2, 0.25) is 0 Å². The molecule has 122 valence electrons. The number of rotatable bonds is 5. The maximum atomic E-state index is 5.51. The molecule has 2 rings (SSSR count). The molecule has 0 aliphatic heterocycles. The molecule has 3 N–H and O–H groups in total. The summed E-state index contributed by atoms with van der Waals surface area (Å²) in [7, 11) is 4.30. The van der Waals surface area contributed by atoms with Crippen molar-refractivity contribution < 1.29 is 4.90 Å². The van der Waals surface area contributed by atoms with Crippen LogP contribution in [0, 0.1) is 13.8 Å². The Bertz CT molecular complexity index is 653. The lowest BCUT2D eigenvalue weighted by Crippen LogP contribution is -3.06. The van der Waals surface area contributed by atoms with Gasteiger partial charge >= 0.3 is 0 Å². The van der Waals surface area contributed by atoms with Gasteiger partial charge in [-0.15, -0.1) is 0 Å². The van der Waals surface area contributed by atoms with Crippen LogP contribution < -0.4 is 15.5 Å². The summed E-state index contributed by atoms with van der Waals surface area (Å²) in [5.74, 6) is 0. The Kier molecular flexibility index (Phi) is 6.13.